The van der Waals surface area contributed by atoms with E-state index in [2.05, 4.69) is 0 Å². The molecule has 0 unspecified atom stereocenters. The Bertz CT molecular complexity index is 403. The summed E-state index contributed by atoms with van der Waals surface area (Å²) < 4.78 is 16.6. The SMILES string of the molecule is COc1cc(O)c(C(=O)/C=C/CF)c(O)c1. The maximum atomic E-state index is 11.8. The molecule has 0 heterocycles. The van der Waals surface area contributed by atoms with Crippen molar-refractivity contribution >= 4 is 5.78 Å². The second kappa shape index (κ2) is 5.16. The summed E-state index contributed by atoms with van der Waals surface area (Å²) in [5.41, 5.74) is -0.273. The van der Waals surface area contributed by atoms with Gasteiger partial charge in [-0.1, -0.05) is 0 Å². The number of hydrogen-bond donors (Lipinski definition) is 2. The zero-order chi connectivity index (χ0) is 12.1. The Morgan fingerprint density at radius 2 is 2.00 bits per heavy atom. The third-order valence-corrected chi connectivity index (χ3v) is 1.91. The average molecular weight is 226 g/mol. The topological polar surface area (TPSA) is 66.8 Å². The van der Waals surface area contributed by atoms with Gasteiger partial charge in [-0.2, -0.15) is 0 Å². The van der Waals surface area contributed by atoms with Crippen LogP contribution in [-0.2, 0) is 0 Å². The van der Waals surface area contributed by atoms with Crippen molar-refractivity contribution in [3.63, 3.8) is 0 Å². The third-order valence-electron chi connectivity index (χ3n) is 1.91. The molecule has 1 aromatic carbocycles. The van der Waals surface area contributed by atoms with E-state index in [1.54, 1.807) is 0 Å². The normalized spacial score (nSPS) is 10.6. The Morgan fingerprint density at radius 1 is 1.44 bits per heavy atom. The van der Waals surface area contributed by atoms with Crippen LogP contribution in [0.2, 0.25) is 0 Å². The van der Waals surface area contributed by atoms with E-state index in [0.29, 0.717) is 0 Å². The van der Waals surface area contributed by atoms with Gasteiger partial charge in [0.1, 0.15) is 29.5 Å². The van der Waals surface area contributed by atoms with Crippen LogP contribution in [0.3, 0.4) is 0 Å². The summed E-state index contributed by atoms with van der Waals surface area (Å²) in [6.07, 6.45) is 1.94. The Morgan fingerprint density at radius 3 is 2.44 bits per heavy atom. The maximum absolute atomic E-state index is 11.8. The fraction of sp³-hybridized carbons (Fsp3) is 0.182. The first-order chi connectivity index (χ1) is 7.60. The Balaban J connectivity index is 3.14. The number of halogens is 1. The number of allylic oxidation sites excluding steroid dienone is 2. The van der Waals surface area contributed by atoms with Crippen molar-refractivity contribution < 1.29 is 24.1 Å². The zero-order valence-corrected chi connectivity index (χ0v) is 8.61. The summed E-state index contributed by atoms with van der Waals surface area (Å²) in [7, 11) is 1.36. The van der Waals surface area contributed by atoms with Crippen molar-refractivity contribution in [3.8, 4) is 17.2 Å². The number of ketones is 1. The summed E-state index contributed by atoms with van der Waals surface area (Å²) in [6, 6.07) is 2.38. The fourth-order valence-electron chi connectivity index (χ4n) is 1.19. The number of phenols is 2. The molecule has 0 aliphatic rings. The van der Waals surface area contributed by atoms with Crippen molar-refractivity contribution in [1.29, 1.82) is 0 Å². The minimum absolute atomic E-state index is 0.223. The van der Waals surface area contributed by atoms with Gasteiger partial charge >= 0.3 is 0 Å². The maximum Gasteiger partial charge on any atom is 0.193 e. The van der Waals surface area contributed by atoms with Crippen molar-refractivity contribution in [1.82, 2.24) is 0 Å². The highest BCUT2D eigenvalue weighted by molar-refractivity contribution is 6.08. The first kappa shape index (κ1) is 12.0. The van der Waals surface area contributed by atoms with Crippen LogP contribution in [0.5, 0.6) is 17.2 Å². The molecule has 0 aliphatic carbocycles. The number of phenolic OH excluding ortho intramolecular Hbond substituents is 2. The number of benzene rings is 1. The number of methoxy groups -OCH3 is 1. The van der Waals surface area contributed by atoms with E-state index in [9.17, 15) is 19.4 Å². The second-order valence-corrected chi connectivity index (χ2v) is 2.96. The quantitative estimate of drug-likeness (QED) is 0.607. The zero-order valence-electron chi connectivity index (χ0n) is 8.61. The van der Waals surface area contributed by atoms with E-state index >= 15 is 0 Å². The number of carbonyl (C=O) groups is 1. The molecule has 0 atom stereocenters. The van der Waals surface area contributed by atoms with E-state index in [1.807, 2.05) is 0 Å². The Kier molecular flexibility index (Phi) is 3.88. The molecule has 0 spiro atoms. The molecule has 2 N–H and O–H groups in total. The molecule has 0 radical (unpaired) electrons. The van der Waals surface area contributed by atoms with Gasteiger partial charge < -0.3 is 14.9 Å². The summed E-state index contributed by atoms with van der Waals surface area (Å²) >= 11 is 0. The molecule has 0 saturated heterocycles. The molecule has 0 amide bonds. The molecular formula is C11H11FO4. The van der Waals surface area contributed by atoms with Crippen LogP contribution < -0.4 is 4.74 Å². The van der Waals surface area contributed by atoms with Crippen LogP contribution in [0.1, 0.15) is 10.4 Å². The van der Waals surface area contributed by atoms with Gasteiger partial charge in [0.25, 0.3) is 0 Å². The molecule has 1 aromatic rings. The van der Waals surface area contributed by atoms with E-state index in [4.69, 9.17) is 4.74 Å². The standard InChI is InChI=1S/C11H11FO4/c1-16-7-5-9(14)11(10(15)6-7)8(13)3-2-4-12/h2-3,5-6,14-15H,4H2,1H3/b3-2+. The van der Waals surface area contributed by atoms with E-state index < -0.39 is 24.0 Å². The number of ether oxygens (including phenoxy) is 1. The number of carbonyl (C=O) groups excluding carboxylic acids is 1. The van der Waals surface area contributed by atoms with Crippen molar-refractivity contribution in [2.75, 3.05) is 13.8 Å². The summed E-state index contributed by atoms with van der Waals surface area (Å²) in [6.45, 7) is -0.788. The minimum Gasteiger partial charge on any atom is -0.507 e. The summed E-state index contributed by atoms with van der Waals surface area (Å²) in [4.78, 5) is 11.4. The van der Waals surface area contributed by atoms with Gasteiger partial charge in [-0.15, -0.1) is 0 Å². The predicted molar refractivity (Wildman–Crippen MR) is 55.8 cm³/mol. The monoisotopic (exact) mass is 226 g/mol. The molecule has 0 bridgehead atoms. The molecule has 0 aromatic heterocycles. The molecule has 16 heavy (non-hydrogen) atoms. The van der Waals surface area contributed by atoms with Crippen molar-refractivity contribution in [3.05, 3.63) is 29.8 Å². The molecule has 1 rings (SSSR count). The van der Waals surface area contributed by atoms with Gasteiger partial charge in [-0.3, -0.25) is 4.79 Å². The van der Waals surface area contributed by atoms with Gasteiger partial charge in [0.05, 0.1) is 7.11 Å². The summed E-state index contributed by atoms with van der Waals surface area (Å²) in [5.74, 6) is -1.27. The highest BCUT2D eigenvalue weighted by atomic mass is 19.1. The average Bonchev–Trinajstić information content (AvgIpc) is 2.25. The van der Waals surface area contributed by atoms with Crippen LogP contribution in [0, 0.1) is 0 Å². The first-order valence-corrected chi connectivity index (χ1v) is 4.47. The van der Waals surface area contributed by atoms with Crippen molar-refractivity contribution in [2.45, 2.75) is 0 Å². The molecular weight excluding hydrogens is 215 g/mol. The number of hydrogen-bond acceptors (Lipinski definition) is 4. The molecule has 0 fully saturated rings. The lowest BCUT2D eigenvalue weighted by atomic mass is 10.1. The number of aromatic hydroxyl groups is 2. The van der Waals surface area contributed by atoms with E-state index in [-0.39, 0.29) is 11.3 Å². The van der Waals surface area contributed by atoms with Crippen LogP contribution in [0.25, 0.3) is 0 Å². The highest BCUT2D eigenvalue weighted by Gasteiger charge is 2.15. The van der Waals surface area contributed by atoms with Crippen LogP contribution in [-0.4, -0.2) is 29.8 Å². The number of rotatable bonds is 4. The molecule has 0 aliphatic heterocycles. The minimum atomic E-state index is -0.788. The predicted octanol–water partition coefficient (Wildman–Crippen LogP) is 1.81. The van der Waals surface area contributed by atoms with E-state index in [1.165, 1.54) is 19.2 Å². The number of alkyl halides is 1. The highest BCUT2D eigenvalue weighted by Crippen LogP contribution is 2.32. The molecule has 0 saturated carbocycles. The van der Waals surface area contributed by atoms with Crippen molar-refractivity contribution in [2.24, 2.45) is 0 Å². The van der Waals surface area contributed by atoms with Crippen LogP contribution in [0.15, 0.2) is 24.3 Å². The van der Waals surface area contributed by atoms with Gasteiger partial charge in [-0.25, -0.2) is 4.39 Å². The third kappa shape index (κ3) is 2.50. The fourth-order valence-corrected chi connectivity index (χ4v) is 1.19. The van der Waals surface area contributed by atoms with Gasteiger partial charge in [0, 0.05) is 12.1 Å². The summed E-state index contributed by atoms with van der Waals surface area (Å²) in [5, 5.41) is 19.0. The lowest BCUT2D eigenvalue weighted by Gasteiger charge is -2.06. The Labute approximate surface area is 91.6 Å². The molecule has 4 nitrogen and oxygen atoms in total. The van der Waals surface area contributed by atoms with Crippen LogP contribution in [0.4, 0.5) is 4.39 Å². The second-order valence-electron chi connectivity index (χ2n) is 2.96. The molecule has 86 valence electrons. The lowest BCUT2D eigenvalue weighted by Crippen LogP contribution is -1.97. The molecule has 5 heteroatoms. The van der Waals surface area contributed by atoms with Gasteiger partial charge in [0.15, 0.2) is 5.78 Å². The van der Waals surface area contributed by atoms with Gasteiger partial charge in [-0.05, 0) is 12.2 Å². The smallest absolute Gasteiger partial charge is 0.193 e. The van der Waals surface area contributed by atoms with Crippen LogP contribution >= 0.6 is 0 Å². The largest absolute Gasteiger partial charge is 0.507 e. The first-order valence-electron chi connectivity index (χ1n) is 4.47. The lowest BCUT2D eigenvalue weighted by molar-refractivity contribution is 0.104. The Hall–Kier alpha value is -2.04. The van der Waals surface area contributed by atoms with Gasteiger partial charge in [0.2, 0.25) is 0 Å². The van der Waals surface area contributed by atoms with E-state index in [0.717, 1.165) is 12.2 Å².